The van der Waals surface area contributed by atoms with Crippen molar-refractivity contribution < 1.29 is 28.6 Å². The molecule has 3 atom stereocenters. The number of halogens is 1. The maximum atomic E-state index is 13.9. The molecule has 0 saturated carbocycles. The van der Waals surface area contributed by atoms with E-state index in [9.17, 15) is 19.1 Å². The van der Waals surface area contributed by atoms with Gasteiger partial charge in [-0.3, -0.25) is 9.59 Å². The number of amides is 1. The Morgan fingerprint density at radius 1 is 0.848 bits per heavy atom. The molecule has 0 unspecified atom stereocenters. The summed E-state index contributed by atoms with van der Waals surface area (Å²) in [4.78, 5) is 27.7. The van der Waals surface area contributed by atoms with Crippen molar-refractivity contribution in [2.45, 2.75) is 38.5 Å². The molecule has 0 bridgehead atoms. The van der Waals surface area contributed by atoms with Gasteiger partial charge in [0.2, 0.25) is 5.91 Å². The topological polar surface area (TPSA) is 76.1 Å². The SMILES string of the molecule is CC(=O)O[C@@H](CC[C@H]1C(=O)N(c2ccccc2)[C@@H]1c1ccc(-c2cccc(O)c2)cc1OCc1ccccc1)c1ccc(F)cc1. The number of anilines is 1. The number of carbonyl (C=O) groups is 2. The van der Waals surface area contributed by atoms with E-state index in [1.807, 2.05) is 84.9 Å². The zero-order chi connectivity index (χ0) is 32.0. The quantitative estimate of drug-likeness (QED) is 0.119. The number of aromatic hydroxyl groups is 1. The van der Waals surface area contributed by atoms with Gasteiger partial charge in [0.05, 0.1) is 12.0 Å². The van der Waals surface area contributed by atoms with E-state index in [1.165, 1.54) is 19.1 Å². The summed E-state index contributed by atoms with van der Waals surface area (Å²) in [5, 5.41) is 10.1. The highest BCUT2D eigenvalue weighted by Gasteiger charge is 2.49. The van der Waals surface area contributed by atoms with Crippen LogP contribution in [0, 0.1) is 11.7 Å². The molecule has 46 heavy (non-hydrogen) atoms. The third kappa shape index (κ3) is 6.79. The fourth-order valence-electron chi connectivity index (χ4n) is 6.07. The first kappa shape index (κ1) is 30.6. The number of esters is 1. The number of nitrogens with zero attached hydrogens (tertiary/aromatic N) is 1. The van der Waals surface area contributed by atoms with E-state index in [0.717, 1.165) is 27.9 Å². The Bertz CT molecular complexity index is 1810. The lowest BCUT2D eigenvalue weighted by atomic mass is 9.77. The number of para-hydroxylation sites is 1. The normalized spacial score (nSPS) is 16.4. The second-order valence-electron chi connectivity index (χ2n) is 11.4. The van der Waals surface area contributed by atoms with Gasteiger partial charge in [-0.05, 0) is 77.6 Å². The van der Waals surface area contributed by atoms with Gasteiger partial charge in [-0.1, -0.05) is 84.9 Å². The second-order valence-corrected chi connectivity index (χ2v) is 11.4. The molecule has 6 rings (SSSR count). The second kappa shape index (κ2) is 13.7. The lowest BCUT2D eigenvalue weighted by Gasteiger charge is -2.48. The van der Waals surface area contributed by atoms with Crippen LogP contribution in [0.15, 0.2) is 127 Å². The van der Waals surface area contributed by atoms with Gasteiger partial charge >= 0.3 is 5.97 Å². The van der Waals surface area contributed by atoms with Gasteiger partial charge in [0.15, 0.2) is 0 Å². The molecule has 6 nitrogen and oxygen atoms in total. The monoisotopic (exact) mass is 615 g/mol. The summed E-state index contributed by atoms with van der Waals surface area (Å²) in [6, 6.07) is 37.9. The molecular weight excluding hydrogens is 581 g/mol. The maximum Gasteiger partial charge on any atom is 0.303 e. The van der Waals surface area contributed by atoms with Crippen LogP contribution in [0.5, 0.6) is 11.5 Å². The molecule has 1 saturated heterocycles. The van der Waals surface area contributed by atoms with Crippen molar-refractivity contribution in [1.82, 2.24) is 0 Å². The van der Waals surface area contributed by atoms with Crippen LogP contribution < -0.4 is 9.64 Å². The van der Waals surface area contributed by atoms with E-state index in [-0.39, 0.29) is 23.5 Å². The van der Waals surface area contributed by atoms with Crippen LogP contribution in [0.3, 0.4) is 0 Å². The van der Waals surface area contributed by atoms with E-state index in [2.05, 4.69) is 0 Å². The summed E-state index contributed by atoms with van der Waals surface area (Å²) in [5.74, 6) is -0.501. The zero-order valence-corrected chi connectivity index (χ0v) is 25.4. The highest BCUT2D eigenvalue weighted by Crippen LogP contribution is 2.49. The lowest BCUT2D eigenvalue weighted by Crippen LogP contribution is -2.55. The average Bonchev–Trinajstić information content (AvgIpc) is 3.07. The number of benzene rings is 5. The highest BCUT2D eigenvalue weighted by atomic mass is 19.1. The van der Waals surface area contributed by atoms with Crippen LogP contribution in [0.1, 0.15) is 48.6 Å². The Kier molecular flexibility index (Phi) is 9.10. The van der Waals surface area contributed by atoms with Crippen molar-refractivity contribution in [3.8, 4) is 22.6 Å². The van der Waals surface area contributed by atoms with Crippen LogP contribution in [-0.2, 0) is 20.9 Å². The van der Waals surface area contributed by atoms with Crippen LogP contribution in [0.25, 0.3) is 11.1 Å². The third-order valence-electron chi connectivity index (χ3n) is 8.29. The van der Waals surface area contributed by atoms with Gasteiger partial charge in [0, 0.05) is 18.2 Å². The van der Waals surface area contributed by atoms with Gasteiger partial charge in [-0.25, -0.2) is 4.39 Å². The minimum absolute atomic E-state index is 0.0389. The van der Waals surface area contributed by atoms with Crippen molar-refractivity contribution in [3.63, 3.8) is 0 Å². The summed E-state index contributed by atoms with van der Waals surface area (Å²) in [7, 11) is 0. The molecule has 1 aliphatic heterocycles. The fourth-order valence-corrected chi connectivity index (χ4v) is 6.07. The molecular formula is C39H34FNO5. The molecule has 1 aliphatic rings. The molecule has 5 aromatic carbocycles. The molecule has 232 valence electrons. The lowest BCUT2D eigenvalue weighted by molar-refractivity contribution is -0.147. The van der Waals surface area contributed by atoms with Crippen molar-refractivity contribution >= 4 is 17.6 Å². The predicted octanol–water partition coefficient (Wildman–Crippen LogP) is 8.57. The molecule has 5 aromatic rings. The van der Waals surface area contributed by atoms with Crippen molar-refractivity contribution in [1.29, 1.82) is 0 Å². The highest BCUT2D eigenvalue weighted by molar-refractivity contribution is 6.03. The van der Waals surface area contributed by atoms with E-state index >= 15 is 0 Å². The number of hydrogen-bond donors (Lipinski definition) is 1. The Morgan fingerprint density at radius 3 is 2.24 bits per heavy atom. The van der Waals surface area contributed by atoms with Gasteiger partial charge in [0.1, 0.15) is 30.0 Å². The molecule has 0 aromatic heterocycles. The standard InChI is InChI=1S/C39H34FNO5/c1-26(42)46-36(28-15-18-31(40)19-16-28)22-21-35-38(41(39(35)44)32-12-6-3-7-13-32)34-20-17-30(29-11-8-14-33(43)23-29)24-37(34)45-25-27-9-4-2-5-10-27/h2-20,23-24,35-36,38,43H,21-22,25H2,1H3/t35-,36+,38-/m1/s1. The summed E-state index contributed by atoms with van der Waals surface area (Å²) in [5.41, 5.74) is 4.99. The van der Waals surface area contributed by atoms with E-state index in [1.54, 1.807) is 35.2 Å². The first-order valence-electron chi connectivity index (χ1n) is 15.3. The maximum absolute atomic E-state index is 13.9. The number of rotatable bonds is 11. The molecule has 1 N–H and O–H groups in total. The van der Waals surface area contributed by atoms with Gasteiger partial charge < -0.3 is 19.5 Å². The summed E-state index contributed by atoms with van der Waals surface area (Å²) in [6.07, 6.45) is 0.177. The predicted molar refractivity (Wildman–Crippen MR) is 175 cm³/mol. The Morgan fingerprint density at radius 2 is 1.54 bits per heavy atom. The Balaban J connectivity index is 1.37. The van der Waals surface area contributed by atoms with Crippen LogP contribution >= 0.6 is 0 Å². The van der Waals surface area contributed by atoms with Crippen molar-refractivity contribution in [3.05, 3.63) is 150 Å². The Labute approximate surface area is 267 Å². The van der Waals surface area contributed by atoms with E-state index < -0.39 is 18.0 Å². The number of hydrogen-bond acceptors (Lipinski definition) is 5. The minimum Gasteiger partial charge on any atom is -0.508 e. The molecule has 1 amide bonds. The van der Waals surface area contributed by atoms with Gasteiger partial charge in [-0.15, -0.1) is 0 Å². The van der Waals surface area contributed by atoms with Crippen LogP contribution in [0.4, 0.5) is 10.1 Å². The van der Waals surface area contributed by atoms with Gasteiger partial charge in [-0.2, -0.15) is 0 Å². The van der Waals surface area contributed by atoms with E-state index in [0.29, 0.717) is 30.8 Å². The molecule has 1 heterocycles. The fraction of sp³-hybridized carbons (Fsp3) is 0.179. The molecule has 7 heteroatoms. The number of phenols is 1. The van der Waals surface area contributed by atoms with E-state index in [4.69, 9.17) is 9.47 Å². The third-order valence-corrected chi connectivity index (χ3v) is 8.29. The smallest absolute Gasteiger partial charge is 0.303 e. The van der Waals surface area contributed by atoms with Crippen molar-refractivity contribution in [2.75, 3.05) is 4.90 Å². The molecule has 0 radical (unpaired) electrons. The summed E-state index contributed by atoms with van der Waals surface area (Å²) >= 11 is 0. The first-order valence-corrected chi connectivity index (χ1v) is 15.3. The summed E-state index contributed by atoms with van der Waals surface area (Å²) in [6.45, 7) is 1.67. The molecule has 0 spiro atoms. The average molecular weight is 616 g/mol. The largest absolute Gasteiger partial charge is 0.508 e. The van der Waals surface area contributed by atoms with Crippen LogP contribution in [0.2, 0.25) is 0 Å². The molecule has 1 fully saturated rings. The molecule has 0 aliphatic carbocycles. The minimum atomic E-state index is -0.626. The number of carbonyl (C=O) groups excluding carboxylic acids is 2. The zero-order valence-electron chi connectivity index (χ0n) is 25.4. The number of phenolic OH excluding ortho intramolecular Hbond substituents is 1. The van der Waals surface area contributed by atoms with Gasteiger partial charge in [0.25, 0.3) is 0 Å². The number of β-lactam (4-membered cyclic amide) rings is 1. The first-order chi connectivity index (χ1) is 22.4. The van der Waals surface area contributed by atoms with Crippen LogP contribution in [-0.4, -0.2) is 17.0 Å². The van der Waals surface area contributed by atoms with Crippen molar-refractivity contribution in [2.24, 2.45) is 5.92 Å². The Hall–Kier alpha value is -5.43. The summed E-state index contributed by atoms with van der Waals surface area (Å²) < 4.78 is 25.8. The number of ether oxygens (including phenoxy) is 2.